The molecule has 12 heteroatoms. The van der Waals surface area contributed by atoms with Crippen LogP contribution in [0.15, 0.2) is 16.9 Å². The van der Waals surface area contributed by atoms with Gasteiger partial charge in [-0.05, 0) is 36.8 Å². The molecule has 0 atom stereocenters. The average Bonchev–Trinajstić information content (AvgIpc) is 3.54. The van der Waals surface area contributed by atoms with Crippen LogP contribution in [0.1, 0.15) is 37.5 Å². The molecule has 2 aliphatic heterocycles. The van der Waals surface area contributed by atoms with Gasteiger partial charge in [-0.2, -0.15) is 9.29 Å². The molecule has 4 heterocycles. The van der Waals surface area contributed by atoms with Crippen molar-refractivity contribution in [2.75, 3.05) is 61.9 Å². The third kappa shape index (κ3) is 4.96. The van der Waals surface area contributed by atoms with Crippen LogP contribution in [0.3, 0.4) is 0 Å². The zero-order valence-corrected chi connectivity index (χ0v) is 19.1. The molecule has 0 N–H and O–H groups in total. The molecular weight excluding hydrogens is 434 g/mol. The maximum atomic E-state index is 11.6. The van der Waals surface area contributed by atoms with Crippen molar-refractivity contribution >= 4 is 21.8 Å². The first-order valence-electron chi connectivity index (χ1n) is 11.2. The summed E-state index contributed by atoms with van der Waals surface area (Å²) < 4.78 is 36.0. The highest BCUT2D eigenvalue weighted by Gasteiger charge is 2.31. The fraction of sp³-hybridized carbons (Fsp3) is 0.700. The topological polar surface area (TPSA) is 118 Å². The Hall–Kier alpha value is -2.47. The summed E-state index contributed by atoms with van der Waals surface area (Å²) in [5.41, 5.74) is 0. The van der Waals surface area contributed by atoms with Crippen LogP contribution < -0.4 is 14.5 Å². The highest BCUT2D eigenvalue weighted by atomic mass is 32.2. The van der Waals surface area contributed by atoms with Gasteiger partial charge in [-0.15, -0.1) is 0 Å². The molecule has 1 saturated carbocycles. The zero-order chi connectivity index (χ0) is 22.1. The van der Waals surface area contributed by atoms with Crippen molar-refractivity contribution in [3.8, 4) is 5.88 Å². The SMILES string of the molecule is CS(=O)(=O)N1CCN(c2cnc(OCC3CCN(c4noc(C5CC5)n4)CC3)cn2)CC1. The molecule has 3 aliphatic rings. The number of anilines is 2. The summed E-state index contributed by atoms with van der Waals surface area (Å²) in [6, 6.07) is 0. The number of sulfonamides is 1. The van der Waals surface area contributed by atoms with E-state index in [0.717, 1.165) is 50.5 Å². The Kier molecular flexibility index (Phi) is 5.89. The minimum atomic E-state index is -3.14. The van der Waals surface area contributed by atoms with E-state index in [1.165, 1.54) is 10.6 Å². The molecule has 0 spiro atoms. The Bertz CT molecular complexity index is 1010. The Labute approximate surface area is 187 Å². The van der Waals surface area contributed by atoms with Gasteiger partial charge in [0.1, 0.15) is 5.82 Å². The summed E-state index contributed by atoms with van der Waals surface area (Å²) in [7, 11) is -3.14. The Morgan fingerprint density at radius 2 is 1.75 bits per heavy atom. The highest BCUT2D eigenvalue weighted by molar-refractivity contribution is 7.88. The smallest absolute Gasteiger partial charge is 0.266 e. The normalized spacial score (nSPS) is 21.2. The standard InChI is InChI=1S/C20H29N7O4S/c1-32(28,29)27-10-8-25(9-11-27)17-12-22-18(13-21-17)30-14-15-4-6-26(7-5-15)20-23-19(31-24-20)16-2-3-16/h12-13,15-16H,2-11,14H2,1H3. The molecule has 1 aliphatic carbocycles. The van der Waals surface area contributed by atoms with Gasteiger partial charge in [0.15, 0.2) is 0 Å². The van der Waals surface area contributed by atoms with E-state index in [-0.39, 0.29) is 0 Å². The van der Waals surface area contributed by atoms with Crippen molar-refractivity contribution in [1.29, 1.82) is 0 Å². The fourth-order valence-electron chi connectivity index (χ4n) is 4.15. The zero-order valence-electron chi connectivity index (χ0n) is 18.3. The second-order valence-corrected chi connectivity index (χ2v) is 10.8. The average molecular weight is 464 g/mol. The van der Waals surface area contributed by atoms with Crippen LogP contribution in [-0.4, -0.2) is 85.0 Å². The molecule has 174 valence electrons. The quantitative estimate of drug-likeness (QED) is 0.591. The van der Waals surface area contributed by atoms with Gasteiger partial charge in [-0.3, -0.25) is 0 Å². The van der Waals surface area contributed by atoms with Crippen LogP contribution in [-0.2, 0) is 10.0 Å². The van der Waals surface area contributed by atoms with Gasteiger partial charge < -0.3 is 19.1 Å². The first-order chi connectivity index (χ1) is 15.5. The van der Waals surface area contributed by atoms with Crippen molar-refractivity contribution in [2.24, 2.45) is 5.92 Å². The highest BCUT2D eigenvalue weighted by Crippen LogP contribution is 2.39. The summed E-state index contributed by atoms with van der Waals surface area (Å²) >= 11 is 0. The summed E-state index contributed by atoms with van der Waals surface area (Å²) in [6.07, 6.45) is 8.91. The number of nitrogens with zero attached hydrogens (tertiary/aromatic N) is 7. The molecular formula is C20H29N7O4S. The lowest BCUT2D eigenvalue weighted by atomic mass is 9.98. The molecule has 5 rings (SSSR count). The predicted molar refractivity (Wildman–Crippen MR) is 117 cm³/mol. The minimum Gasteiger partial charge on any atom is -0.476 e. The second-order valence-electron chi connectivity index (χ2n) is 8.81. The summed E-state index contributed by atoms with van der Waals surface area (Å²) in [4.78, 5) is 17.6. The van der Waals surface area contributed by atoms with Gasteiger partial charge in [0, 0.05) is 45.2 Å². The van der Waals surface area contributed by atoms with Gasteiger partial charge in [0.25, 0.3) is 5.95 Å². The van der Waals surface area contributed by atoms with Crippen LogP contribution in [0.5, 0.6) is 5.88 Å². The van der Waals surface area contributed by atoms with Crippen molar-refractivity contribution < 1.29 is 17.7 Å². The molecule has 2 aromatic heterocycles. The van der Waals surface area contributed by atoms with E-state index < -0.39 is 10.0 Å². The van der Waals surface area contributed by atoms with Crippen LogP contribution in [0.25, 0.3) is 0 Å². The number of ether oxygens (including phenoxy) is 1. The van der Waals surface area contributed by atoms with E-state index in [0.29, 0.717) is 56.5 Å². The third-order valence-corrected chi connectivity index (χ3v) is 7.67. The van der Waals surface area contributed by atoms with Crippen LogP contribution in [0.4, 0.5) is 11.8 Å². The second kappa shape index (κ2) is 8.81. The number of aromatic nitrogens is 4. The van der Waals surface area contributed by atoms with E-state index in [1.54, 1.807) is 12.4 Å². The first-order valence-corrected chi connectivity index (χ1v) is 13.0. The van der Waals surface area contributed by atoms with Gasteiger partial charge in [-0.1, -0.05) is 0 Å². The van der Waals surface area contributed by atoms with Crippen LogP contribution in [0.2, 0.25) is 0 Å². The molecule has 0 amide bonds. The Morgan fingerprint density at radius 3 is 2.38 bits per heavy atom. The van der Waals surface area contributed by atoms with E-state index in [9.17, 15) is 8.42 Å². The fourth-order valence-corrected chi connectivity index (χ4v) is 4.98. The molecule has 0 unspecified atom stereocenters. The monoisotopic (exact) mass is 463 g/mol. The summed E-state index contributed by atoms with van der Waals surface area (Å²) in [6.45, 7) is 4.51. The maximum absolute atomic E-state index is 11.6. The lowest BCUT2D eigenvalue weighted by Crippen LogP contribution is -2.48. The number of piperidine rings is 1. The lowest BCUT2D eigenvalue weighted by Gasteiger charge is -2.33. The molecule has 3 fully saturated rings. The molecule has 2 aromatic rings. The largest absolute Gasteiger partial charge is 0.476 e. The number of piperazine rings is 1. The molecule has 11 nitrogen and oxygen atoms in total. The van der Waals surface area contributed by atoms with Gasteiger partial charge in [0.05, 0.1) is 25.3 Å². The maximum Gasteiger partial charge on any atom is 0.266 e. The van der Waals surface area contributed by atoms with Crippen LogP contribution in [0, 0.1) is 5.92 Å². The van der Waals surface area contributed by atoms with Gasteiger partial charge in [-0.25, -0.2) is 18.4 Å². The van der Waals surface area contributed by atoms with Crippen molar-refractivity contribution in [1.82, 2.24) is 24.4 Å². The molecule has 0 aromatic carbocycles. The van der Waals surface area contributed by atoms with E-state index >= 15 is 0 Å². The third-order valence-electron chi connectivity index (χ3n) is 6.37. The Balaban J connectivity index is 1.06. The van der Waals surface area contributed by atoms with Crippen LogP contribution >= 0.6 is 0 Å². The lowest BCUT2D eigenvalue weighted by molar-refractivity contribution is 0.214. The summed E-state index contributed by atoms with van der Waals surface area (Å²) in [5.74, 6) is 3.68. The molecule has 0 bridgehead atoms. The molecule has 2 saturated heterocycles. The predicted octanol–water partition coefficient (Wildman–Crippen LogP) is 1.11. The van der Waals surface area contributed by atoms with Crippen molar-refractivity contribution in [2.45, 2.75) is 31.6 Å². The summed E-state index contributed by atoms with van der Waals surface area (Å²) in [5, 5.41) is 4.14. The number of hydrogen-bond donors (Lipinski definition) is 0. The number of hydrogen-bond acceptors (Lipinski definition) is 10. The molecule has 32 heavy (non-hydrogen) atoms. The number of rotatable bonds is 7. The first kappa shape index (κ1) is 21.4. The van der Waals surface area contributed by atoms with Crippen molar-refractivity contribution in [3.05, 3.63) is 18.3 Å². The van der Waals surface area contributed by atoms with Gasteiger partial charge >= 0.3 is 0 Å². The van der Waals surface area contributed by atoms with E-state index in [4.69, 9.17) is 9.26 Å². The van der Waals surface area contributed by atoms with E-state index in [2.05, 4.69) is 25.0 Å². The van der Waals surface area contributed by atoms with E-state index in [1.807, 2.05) is 4.90 Å². The van der Waals surface area contributed by atoms with Gasteiger partial charge in [0.2, 0.25) is 21.8 Å². The molecule has 0 radical (unpaired) electrons. The minimum absolute atomic E-state index is 0.451. The van der Waals surface area contributed by atoms with Crippen molar-refractivity contribution in [3.63, 3.8) is 0 Å². The Morgan fingerprint density at radius 1 is 1.00 bits per heavy atom.